The van der Waals surface area contributed by atoms with Gasteiger partial charge in [-0.2, -0.15) is 0 Å². The number of ether oxygens (including phenoxy) is 1. The highest BCUT2D eigenvalue weighted by Crippen LogP contribution is 2.30. The Kier molecular flexibility index (Phi) is 3.34. The van der Waals surface area contributed by atoms with Crippen LogP contribution in [0.3, 0.4) is 0 Å². The predicted molar refractivity (Wildman–Crippen MR) is 64.6 cm³/mol. The summed E-state index contributed by atoms with van der Waals surface area (Å²) in [5, 5.41) is 3.33. The van der Waals surface area contributed by atoms with E-state index in [4.69, 9.17) is 4.74 Å². The van der Waals surface area contributed by atoms with Crippen LogP contribution in [-0.2, 0) is 9.53 Å². The van der Waals surface area contributed by atoms with Crippen LogP contribution in [0.15, 0.2) is 0 Å². The van der Waals surface area contributed by atoms with Crippen LogP contribution >= 0.6 is 0 Å². The first-order valence-electron chi connectivity index (χ1n) is 6.92. The van der Waals surface area contributed by atoms with Crippen LogP contribution in [0.5, 0.6) is 0 Å². The summed E-state index contributed by atoms with van der Waals surface area (Å²) in [5.74, 6) is 1.91. The van der Waals surface area contributed by atoms with Crippen LogP contribution < -0.4 is 5.32 Å². The number of carbonyl (C=O) groups is 1. The molecular weight excluding hydrogens is 216 g/mol. The van der Waals surface area contributed by atoms with Gasteiger partial charge in [0.1, 0.15) is 0 Å². The second-order valence-corrected chi connectivity index (χ2v) is 5.67. The number of carbonyl (C=O) groups excluding carboxylic acids is 1. The highest BCUT2D eigenvalue weighted by molar-refractivity contribution is 5.79. The summed E-state index contributed by atoms with van der Waals surface area (Å²) in [6.45, 7) is 5.59. The Morgan fingerprint density at radius 3 is 2.94 bits per heavy atom. The van der Waals surface area contributed by atoms with Gasteiger partial charge in [-0.3, -0.25) is 4.79 Å². The molecule has 3 unspecified atom stereocenters. The first kappa shape index (κ1) is 11.5. The van der Waals surface area contributed by atoms with E-state index >= 15 is 0 Å². The Balaban J connectivity index is 1.58. The number of piperidine rings is 2. The average molecular weight is 238 g/mol. The quantitative estimate of drug-likeness (QED) is 0.722. The average Bonchev–Trinajstić information content (AvgIpc) is 2.86. The Morgan fingerprint density at radius 2 is 2.12 bits per heavy atom. The minimum absolute atomic E-state index is 0.225. The van der Waals surface area contributed by atoms with E-state index in [1.54, 1.807) is 0 Å². The Bertz CT molecular complexity index is 289. The van der Waals surface area contributed by atoms with Crippen molar-refractivity contribution in [2.24, 2.45) is 17.8 Å². The molecule has 3 aliphatic heterocycles. The predicted octanol–water partition coefficient (Wildman–Crippen LogP) is 0.481. The highest BCUT2D eigenvalue weighted by atomic mass is 16.5. The molecule has 17 heavy (non-hydrogen) atoms. The third-order valence-corrected chi connectivity index (χ3v) is 4.51. The molecule has 96 valence electrons. The molecule has 1 N–H and O–H groups in total. The molecule has 0 aliphatic carbocycles. The van der Waals surface area contributed by atoms with E-state index in [1.165, 1.54) is 0 Å². The van der Waals surface area contributed by atoms with Crippen LogP contribution in [0.1, 0.15) is 19.3 Å². The van der Waals surface area contributed by atoms with Gasteiger partial charge in [0.2, 0.25) is 5.91 Å². The monoisotopic (exact) mass is 238 g/mol. The minimum Gasteiger partial charge on any atom is -0.381 e. The van der Waals surface area contributed by atoms with Gasteiger partial charge in [-0.15, -0.1) is 0 Å². The molecule has 0 saturated carbocycles. The Morgan fingerprint density at radius 1 is 1.24 bits per heavy atom. The molecule has 0 radical (unpaired) electrons. The molecule has 3 rings (SSSR count). The van der Waals surface area contributed by atoms with Gasteiger partial charge in [-0.05, 0) is 31.7 Å². The number of nitrogens with one attached hydrogen (secondary N) is 1. The maximum absolute atomic E-state index is 12.4. The zero-order chi connectivity index (χ0) is 11.7. The van der Waals surface area contributed by atoms with Gasteiger partial charge >= 0.3 is 0 Å². The van der Waals surface area contributed by atoms with Crippen LogP contribution in [0.2, 0.25) is 0 Å². The van der Waals surface area contributed by atoms with Crippen molar-refractivity contribution >= 4 is 5.91 Å². The second-order valence-electron chi connectivity index (χ2n) is 5.67. The lowest BCUT2D eigenvalue weighted by Crippen LogP contribution is -2.48. The lowest BCUT2D eigenvalue weighted by molar-refractivity contribution is -0.138. The van der Waals surface area contributed by atoms with Crippen LogP contribution in [0, 0.1) is 17.8 Å². The largest absolute Gasteiger partial charge is 0.381 e. The molecule has 0 aromatic rings. The molecule has 0 aromatic heterocycles. The van der Waals surface area contributed by atoms with Crippen molar-refractivity contribution in [3.05, 3.63) is 0 Å². The van der Waals surface area contributed by atoms with Gasteiger partial charge in [0.05, 0.1) is 12.5 Å². The zero-order valence-electron chi connectivity index (χ0n) is 10.4. The summed E-state index contributed by atoms with van der Waals surface area (Å²) < 4.78 is 5.51. The summed E-state index contributed by atoms with van der Waals surface area (Å²) in [6.07, 6.45) is 3.34. The third kappa shape index (κ3) is 2.33. The van der Waals surface area contributed by atoms with Gasteiger partial charge in [-0.25, -0.2) is 0 Å². The van der Waals surface area contributed by atoms with Crippen LogP contribution in [-0.4, -0.2) is 50.2 Å². The molecule has 4 nitrogen and oxygen atoms in total. The number of likely N-dealkylation sites (tertiary alicyclic amines) is 1. The molecule has 1 amide bonds. The van der Waals surface area contributed by atoms with Gasteiger partial charge in [-0.1, -0.05) is 0 Å². The zero-order valence-corrected chi connectivity index (χ0v) is 10.4. The normalized spacial score (nSPS) is 37.9. The van der Waals surface area contributed by atoms with Gasteiger partial charge in [0, 0.05) is 32.2 Å². The van der Waals surface area contributed by atoms with E-state index in [9.17, 15) is 4.79 Å². The lowest BCUT2D eigenvalue weighted by atomic mass is 9.87. The molecule has 3 atom stereocenters. The Hall–Kier alpha value is -0.610. The van der Waals surface area contributed by atoms with E-state index in [0.717, 1.165) is 58.7 Å². The summed E-state index contributed by atoms with van der Waals surface area (Å²) in [5.41, 5.74) is 0. The fourth-order valence-electron chi connectivity index (χ4n) is 3.38. The standard InChI is InChI=1S/C13H22N2O2/c16-13(10-2-1-4-14-6-10)15-5-3-11-8-17-9-12(11)7-15/h10-12,14H,1-9H2. The molecule has 0 spiro atoms. The van der Waals surface area contributed by atoms with Crippen molar-refractivity contribution < 1.29 is 9.53 Å². The molecule has 0 aromatic carbocycles. The second kappa shape index (κ2) is 4.94. The summed E-state index contributed by atoms with van der Waals surface area (Å²) in [4.78, 5) is 14.5. The smallest absolute Gasteiger partial charge is 0.226 e. The molecule has 3 heterocycles. The van der Waals surface area contributed by atoms with Crippen molar-refractivity contribution in [2.75, 3.05) is 39.4 Å². The van der Waals surface area contributed by atoms with Crippen molar-refractivity contribution in [1.82, 2.24) is 10.2 Å². The number of hydrogen-bond donors (Lipinski definition) is 1. The van der Waals surface area contributed by atoms with Gasteiger partial charge in [0.25, 0.3) is 0 Å². The molecule has 4 heteroatoms. The molecule has 3 aliphatic rings. The van der Waals surface area contributed by atoms with E-state index < -0.39 is 0 Å². The number of fused-ring (bicyclic) bond motifs is 1. The van der Waals surface area contributed by atoms with Crippen molar-refractivity contribution in [3.63, 3.8) is 0 Å². The van der Waals surface area contributed by atoms with Crippen LogP contribution in [0.25, 0.3) is 0 Å². The van der Waals surface area contributed by atoms with Crippen molar-refractivity contribution in [3.8, 4) is 0 Å². The number of nitrogens with zero attached hydrogens (tertiary/aromatic N) is 1. The first-order chi connectivity index (χ1) is 8.34. The van der Waals surface area contributed by atoms with Crippen molar-refractivity contribution in [2.45, 2.75) is 19.3 Å². The lowest BCUT2D eigenvalue weighted by Gasteiger charge is -2.36. The van der Waals surface area contributed by atoms with E-state index in [0.29, 0.717) is 17.7 Å². The number of rotatable bonds is 1. The highest BCUT2D eigenvalue weighted by Gasteiger charge is 2.37. The van der Waals surface area contributed by atoms with E-state index in [1.807, 2.05) is 0 Å². The maximum Gasteiger partial charge on any atom is 0.226 e. The van der Waals surface area contributed by atoms with Crippen molar-refractivity contribution in [1.29, 1.82) is 0 Å². The van der Waals surface area contributed by atoms with Gasteiger partial charge in [0.15, 0.2) is 0 Å². The molecule has 3 fully saturated rings. The molecule has 3 saturated heterocycles. The van der Waals surface area contributed by atoms with Gasteiger partial charge < -0.3 is 15.0 Å². The Labute approximate surface area is 103 Å². The SMILES string of the molecule is O=C(C1CCCNC1)N1CCC2COCC2C1. The minimum atomic E-state index is 0.225. The fourth-order valence-corrected chi connectivity index (χ4v) is 3.38. The summed E-state index contributed by atoms with van der Waals surface area (Å²) >= 11 is 0. The maximum atomic E-state index is 12.4. The van der Waals surface area contributed by atoms with E-state index in [-0.39, 0.29) is 5.92 Å². The fraction of sp³-hybridized carbons (Fsp3) is 0.923. The third-order valence-electron chi connectivity index (χ3n) is 4.51. The summed E-state index contributed by atoms with van der Waals surface area (Å²) in [7, 11) is 0. The van der Waals surface area contributed by atoms with E-state index in [2.05, 4.69) is 10.2 Å². The molecular formula is C13H22N2O2. The molecule has 0 bridgehead atoms. The topological polar surface area (TPSA) is 41.6 Å². The number of amides is 1. The van der Waals surface area contributed by atoms with Crippen LogP contribution in [0.4, 0.5) is 0 Å². The number of hydrogen-bond acceptors (Lipinski definition) is 3. The summed E-state index contributed by atoms with van der Waals surface area (Å²) in [6, 6.07) is 0. The first-order valence-corrected chi connectivity index (χ1v) is 6.92.